The molecule has 7 nitrogen and oxygen atoms in total. The summed E-state index contributed by atoms with van der Waals surface area (Å²) in [6, 6.07) is 5.22. The number of benzene rings is 1. The van der Waals surface area contributed by atoms with Crippen molar-refractivity contribution in [3.63, 3.8) is 0 Å². The smallest absolute Gasteiger partial charge is 0.318 e. The second kappa shape index (κ2) is 8.97. The van der Waals surface area contributed by atoms with E-state index in [4.69, 9.17) is 9.47 Å². The first kappa shape index (κ1) is 19.3. The Balaban J connectivity index is 1.79. The third-order valence-electron chi connectivity index (χ3n) is 5.43. The number of methoxy groups -OCH3 is 2. The number of nitrogens with one attached hydrogen (secondary N) is 2. The highest BCUT2D eigenvalue weighted by Crippen LogP contribution is 2.33. The Hall–Kier alpha value is -2.44. The van der Waals surface area contributed by atoms with Crippen molar-refractivity contribution in [3.05, 3.63) is 23.8 Å². The predicted octanol–water partition coefficient (Wildman–Crippen LogP) is 2.44. The van der Waals surface area contributed by atoms with Gasteiger partial charge in [0.25, 0.3) is 0 Å². The summed E-state index contributed by atoms with van der Waals surface area (Å²) in [5.41, 5.74) is 0.895. The number of hydrogen-bond donors (Lipinski definition) is 2. The van der Waals surface area contributed by atoms with Gasteiger partial charge in [-0.15, -0.1) is 0 Å². The number of hydrogen-bond acceptors (Lipinski definition) is 4. The largest absolute Gasteiger partial charge is 0.493 e. The van der Waals surface area contributed by atoms with Gasteiger partial charge >= 0.3 is 6.03 Å². The van der Waals surface area contributed by atoms with E-state index in [1.54, 1.807) is 14.2 Å². The van der Waals surface area contributed by atoms with Gasteiger partial charge < -0.3 is 25.0 Å². The Kier molecular flexibility index (Phi) is 6.42. The maximum Gasteiger partial charge on any atom is 0.318 e. The van der Waals surface area contributed by atoms with Crippen molar-refractivity contribution in [3.8, 4) is 11.5 Å². The Bertz CT molecular complexity index is 673. The van der Waals surface area contributed by atoms with Gasteiger partial charge in [-0.1, -0.05) is 25.0 Å². The topological polar surface area (TPSA) is 79.9 Å². The van der Waals surface area contributed by atoms with Crippen LogP contribution in [0.5, 0.6) is 11.5 Å². The number of carbonyl (C=O) groups is 2. The van der Waals surface area contributed by atoms with E-state index < -0.39 is 6.04 Å². The van der Waals surface area contributed by atoms with E-state index in [0.717, 1.165) is 37.7 Å². The third-order valence-corrected chi connectivity index (χ3v) is 5.43. The van der Waals surface area contributed by atoms with E-state index in [9.17, 15) is 9.59 Å². The molecule has 1 aromatic carbocycles. The third kappa shape index (κ3) is 4.46. The van der Waals surface area contributed by atoms with Crippen LogP contribution in [0, 0.1) is 0 Å². The van der Waals surface area contributed by atoms with Gasteiger partial charge in [0.1, 0.15) is 6.04 Å². The van der Waals surface area contributed by atoms with E-state index in [2.05, 4.69) is 10.6 Å². The lowest BCUT2D eigenvalue weighted by molar-refractivity contribution is -0.124. The fraction of sp³-hybridized carbons (Fsp3) is 0.600. The Morgan fingerprint density at radius 1 is 1.19 bits per heavy atom. The minimum atomic E-state index is -0.456. The first-order valence-electron chi connectivity index (χ1n) is 9.68. The van der Waals surface area contributed by atoms with Crippen LogP contribution in [0.3, 0.4) is 0 Å². The van der Waals surface area contributed by atoms with Gasteiger partial charge in [-0.25, -0.2) is 4.79 Å². The van der Waals surface area contributed by atoms with Crippen LogP contribution in [0.1, 0.15) is 44.1 Å². The molecule has 2 fully saturated rings. The fourth-order valence-corrected chi connectivity index (χ4v) is 3.99. The second-order valence-electron chi connectivity index (χ2n) is 7.15. The highest BCUT2D eigenvalue weighted by molar-refractivity contribution is 5.87. The zero-order valence-electron chi connectivity index (χ0n) is 16.1. The zero-order valence-corrected chi connectivity index (χ0v) is 16.1. The number of nitrogens with zero attached hydrogens (tertiary/aromatic N) is 1. The van der Waals surface area contributed by atoms with E-state index in [1.807, 2.05) is 23.1 Å². The maximum absolute atomic E-state index is 13.1. The van der Waals surface area contributed by atoms with Gasteiger partial charge in [-0.05, 0) is 31.7 Å². The lowest BCUT2D eigenvalue weighted by Gasteiger charge is -2.32. The van der Waals surface area contributed by atoms with E-state index in [-0.39, 0.29) is 18.0 Å². The normalized spacial score (nSPS) is 20.1. The van der Waals surface area contributed by atoms with Crippen LogP contribution >= 0.6 is 0 Å². The van der Waals surface area contributed by atoms with Crippen molar-refractivity contribution in [2.45, 2.75) is 57.2 Å². The molecule has 3 rings (SSSR count). The molecule has 3 amide bonds. The Labute approximate surface area is 160 Å². The van der Waals surface area contributed by atoms with E-state index in [1.165, 1.54) is 0 Å². The molecule has 2 N–H and O–H groups in total. The summed E-state index contributed by atoms with van der Waals surface area (Å²) in [4.78, 5) is 27.0. The number of rotatable bonds is 6. The van der Waals surface area contributed by atoms with Gasteiger partial charge in [0.05, 0.1) is 20.8 Å². The van der Waals surface area contributed by atoms with Gasteiger partial charge in [0, 0.05) is 18.2 Å². The molecule has 1 aliphatic heterocycles. The van der Waals surface area contributed by atoms with Gasteiger partial charge in [-0.2, -0.15) is 0 Å². The average Bonchev–Trinajstić information content (AvgIpc) is 3.21. The zero-order chi connectivity index (χ0) is 19.2. The number of carbonyl (C=O) groups excluding carboxylic acids is 2. The number of piperidine rings is 1. The summed E-state index contributed by atoms with van der Waals surface area (Å²) >= 11 is 0. The molecule has 1 aliphatic carbocycles. The van der Waals surface area contributed by atoms with Gasteiger partial charge in [0.15, 0.2) is 11.5 Å². The highest BCUT2D eigenvalue weighted by Gasteiger charge is 2.31. The summed E-state index contributed by atoms with van der Waals surface area (Å²) in [6.07, 6.45) is 5.76. The lowest BCUT2D eigenvalue weighted by Crippen LogP contribution is -2.54. The highest BCUT2D eigenvalue weighted by atomic mass is 16.5. The molecule has 2 aliphatic rings. The Morgan fingerprint density at radius 3 is 2.63 bits per heavy atom. The summed E-state index contributed by atoms with van der Waals surface area (Å²) in [7, 11) is 3.21. The van der Waals surface area contributed by atoms with E-state index >= 15 is 0 Å². The quantitative estimate of drug-likeness (QED) is 0.800. The van der Waals surface area contributed by atoms with Crippen LogP contribution < -0.4 is 20.1 Å². The van der Waals surface area contributed by atoms with E-state index in [0.29, 0.717) is 31.0 Å². The second-order valence-corrected chi connectivity index (χ2v) is 7.15. The summed E-state index contributed by atoms with van der Waals surface area (Å²) < 4.78 is 10.9. The molecule has 1 heterocycles. The van der Waals surface area contributed by atoms with Crippen LogP contribution in [0.25, 0.3) is 0 Å². The van der Waals surface area contributed by atoms with Crippen LogP contribution in [0.4, 0.5) is 4.79 Å². The molecular weight excluding hydrogens is 346 g/mol. The molecule has 1 atom stereocenters. The van der Waals surface area contributed by atoms with Crippen LogP contribution in [-0.4, -0.2) is 49.7 Å². The lowest BCUT2D eigenvalue weighted by atomic mass is 10.1. The molecule has 0 radical (unpaired) electrons. The molecular formula is C20H29N3O4. The van der Waals surface area contributed by atoms with Crippen LogP contribution in [-0.2, 0) is 11.3 Å². The predicted molar refractivity (Wildman–Crippen MR) is 102 cm³/mol. The molecule has 0 aromatic heterocycles. The van der Waals surface area contributed by atoms with Crippen LogP contribution in [0.15, 0.2) is 18.2 Å². The van der Waals surface area contributed by atoms with Gasteiger partial charge in [0.2, 0.25) is 5.91 Å². The summed E-state index contributed by atoms with van der Waals surface area (Å²) in [5.74, 6) is 1.19. The van der Waals surface area contributed by atoms with Crippen molar-refractivity contribution < 1.29 is 19.1 Å². The van der Waals surface area contributed by atoms with Crippen molar-refractivity contribution in [1.82, 2.24) is 15.5 Å². The average molecular weight is 375 g/mol. The monoisotopic (exact) mass is 375 g/mol. The molecule has 0 unspecified atom stereocenters. The molecule has 0 bridgehead atoms. The maximum atomic E-state index is 13.1. The van der Waals surface area contributed by atoms with Crippen molar-refractivity contribution in [2.75, 3.05) is 20.8 Å². The number of para-hydroxylation sites is 1. The first-order chi connectivity index (χ1) is 13.1. The standard InChI is InChI=1S/C20H29N3O4/c1-26-17-11-5-7-14(18(17)27-2)13-23(15-8-3-4-9-15)20(25)22-16-10-6-12-21-19(16)24/h5,7,11,15-16H,3-4,6,8-10,12-13H2,1-2H3,(H,21,24)(H,22,25)/t16-/m1/s1. The summed E-state index contributed by atoms with van der Waals surface area (Å²) in [6.45, 7) is 1.10. The molecule has 148 valence electrons. The number of urea groups is 1. The van der Waals surface area contributed by atoms with Crippen molar-refractivity contribution in [1.29, 1.82) is 0 Å². The minimum Gasteiger partial charge on any atom is -0.493 e. The number of ether oxygens (including phenoxy) is 2. The SMILES string of the molecule is COc1cccc(CN(C(=O)N[C@@H]2CCCNC2=O)C2CCCC2)c1OC. The Morgan fingerprint density at radius 2 is 1.96 bits per heavy atom. The first-order valence-corrected chi connectivity index (χ1v) is 9.68. The minimum absolute atomic E-state index is 0.0973. The molecule has 7 heteroatoms. The molecule has 1 saturated carbocycles. The summed E-state index contributed by atoms with van der Waals surface area (Å²) in [5, 5.41) is 5.76. The van der Waals surface area contributed by atoms with Gasteiger partial charge in [-0.3, -0.25) is 4.79 Å². The fourth-order valence-electron chi connectivity index (χ4n) is 3.99. The number of amides is 3. The van der Waals surface area contributed by atoms with Crippen molar-refractivity contribution >= 4 is 11.9 Å². The van der Waals surface area contributed by atoms with Crippen molar-refractivity contribution in [2.24, 2.45) is 0 Å². The molecule has 0 spiro atoms. The molecule has 1 saturated heterocycles. The van der Waals surface area contributed by atoms with Crippen LogP contribution in [0.2, 0.25) is 0 Å². The molecule has 27 heavy (non-hydrogen) atoms. The molecule has 1 aromatic rings.